The van der Waals surface area contributed by atoms with Gasteiger partial charge in [-0.2, -0.15) is 0 Å². The standard InChI is InChI=1S/C25H32N4O2S2/c1-4-5-6-13-28-24(31)20(33-25(28)32)14-19-22(26-18-10-7-16(2)8-11-18)27-21-12-9-17(3)15-29(21)23(19)30/h9,12,14-16,18,26H,4-8,10-11,13H2,1-3H3. The van der Waals surface area contributed by atoms with E-state index in [2.05, 4.69) is 19.2 Å². The molecule has 176 valence electrons. The van der Waals surface area contributed by atoms with Crippen molar-refractivity contribution in [2.45, 2.75) is 71.8 Å². The van der Waals surface area contributed by atoms with Gasteiger partial charge in [0.1, 0.15) is 15.8 Å². The maximum absolute atomic E-state index is 13.5. The van der Waals surface area contributed by atoms with Crippen LogP contribution in [0.2, 0.25) is 0 Å². The number of carbonyl (C=O) groups is 1. The Morgan fingerprint density at radius 2 is 1.97 bits per heavy atom. The summed E-state index contributed by atoms with van der Waals surface area (Å²) in [6.07, 6.45) is 11.0. The SMILES string of the molecule is CCCCCN1C(=O)C(=Cc2c(NC3CCC(C)CC3)nc3ccc(C)cn3c2=O)SC1=S. The van der Waals surface area contributed by atoms with Gasteiger partial charge in [0.2, 0.25) is 0 Å². The third kappa shape index (κ3) is 5.32. The lowest BCUT2D eigenvalue weighted by atomic mass is 9.87. The first kappa shape index (κ1) is 24.0. The number of nitrogens with zero attached hydrogens (tertiary/aromatic N) is 3. The van der Waals surface area contributed by atoms with Gasteiger partial charge in [0.25, 0.3) is 11.5 Å². The zero-order chi connectivity index (χ0) is 23.5. The molecule has 0 atom stereocenters. The third-order valence-corrected chi connectivity index (χ3v) is 7.87. The van der Waals surface area contributed by atoms with Crippen LogP contribution in [0.25, 0.3) is 11.7 Å². The normalized spacial score (nSPS) is 22.5. The first-order valence-electron chi connectivity index (χ1n) is 11.9. The number of hydrogen-bond donors (Lipinski definition) is 1. The van der Waals surface area contributed by atoms with Crippen LogP contribution in [0.5, 0.6) is 0 Å². The summed E-state index contributed by atoms with van der Waals surface area (Å²) in [4.78, 5) is 33.6. The Hall–Kier alpha value is -2.19. The van der Waals surface area contributed by atoms with Crippen LogP contribution in [-0.4, -0.2) is 37.1 Å². The molecular weight excluding hydrogens is 452 g/mol. The smallest absolute Gasteiger partial charge is 0.267 e. The highest BCUT2D eigenvalue weighted by Crippen LogP contribution is 2.34. The Morgan fingerprint density at radius 3 is 2.70 bits per heavy atom. The molecule has 2 aromatic rings. The molecule has 33 heavy (non-hydrogen) atoms. The van der Waals surface area contributed by atoms with E-state index >= 15 is 0 Å². The molecule has 0 bridgehead atoms. The second-order valence-corrected chi connectivity index (χ2v) is 10.9. The second-order valence-electron chi connectivity index (χ2n) is 9.26. The Kier molecular flexibility index (Phi) is 7.54. The molecule has 1 amide bonds. The zero-order valence-corrected chi connectivity index (χ0v) is 21.2. The van der Waals surface area contributed by atoms with E-state index in [0.717, 1.165) is 56.4 Å². The van der Waals surface area contributed by atoms with Gasteiger partial charge in [0.05, 0.1) is 10.5 Å². The van der Waals surface area contributed by atoms with Crippen LogP contribution in [0.15, 0.2) is 28.0 Å². The van der Waals surface area contributed by atoms with E-state index in [0.29, 0.717) is 32.8 Å². The van der Waals surface area contributed by atoms with Gasteiger partial charge >= 0.3 is 0 Å². The summed E-state index contributed by atoms with van der Waals surface area (Å²) >= 11 is 6.75. The molecule has 2 aromatic heterocycles. The minimum atomic E-state index is -0.174. The number of nitrogens with one attached hydrogen (secondary N) is 1. The predicted molar refractivity (Wildman–Crippen MR) is 141 cm³/mol. The molecule has 0 radical (unpaired) electrons. The van der Waals surface area contributed by atoms with Gasteiger partial charge in [-0.05, 0) is 62.7 Å². The number of pyridine rings is 1. The molecule has 1 aliphatic carbocycles. The molecule has 2 fully saturated rings. The number of amides is 1. The fourth-order valence-corrected chi connectivity index (χ4v) is 5.73. The van der Waals surface area contributed by atoms with Crippen molar-refractivity contribution in [2.75, 3.05) is 11.9 Å². The van der Waals surface area contributed by atoms with E-state index in [-0.39, 0.29) is 17.5 Å². The van der Waals surface area contributed by atoms with Gasteiger partial charge in [-0.1, -0.05) is 56.7 Å². The van der Waals surface area contributed by atoms with E-state index in [1.54, 1.807) is 21.6 Å². The summed E-state index contributed by atoms with van der Waals surface area (Å²) in [5.74, 6) is 1.17. The third-order valence-electron chi connectivity index (χ3n) is 6.50. The number of anilines is 1. The monoisotopic (exact) mass is 484 g/mol. The first-order valence-corrected chi connectivity index (χ1v) is 13.1. The molecule has 3 heterocycles. The van der Waals surface area contributed by atoms with Crippen molar-refractivity contribution in [1.29, 1.82) is 0 Å². The lowest BCUT2D eigenvalue weighted by Gasteiger charge is -2.27. The van der Waals surface area contributed by atoms with Crippen molar-refractivity contribution < 1.29 is 4.79 Å². The van der Waals surface area contributed by atoms with Crippen LogP contribution in [0, 0.1) is 12.8 Å². The fourth-order valence-electron chi connectivity index (χ4n) is 4.44. The topological polar surface area (TPSA) is 66.7 Å². The quantitative estimate of drug-likeness (QED) is 0.323. The van der Waals surface area contributed by atoms with Crippen molar-refractivity contribution in [2.24, 2.45) is 5.92 Å². The average Bonchev–Trinajstić information content (AvgIpc) is 3.06. The number of hydrogen-bond acceptors (Lipinski definition) is 6. The molecular formula is C25H32N4O2S2. The van der Waals surface area contributed by atoms with Gasteiger partial charge in [0.15, 0.2) is 0 Å². The average molecular weight is 485 g/mol. The van der Waals surface area contributed by atoms with Crippen LogP contribution in [-0.2, 0) is 4.79 Å². The summed E-state index contributed by atoms with van der Waals surface area (Å²) in [6.45, 7) is 6.98. The van der Waals surface area contributed by atoms with E-state index in [1.807, 2.05) is 19.1 Å². The van der Waals surface area contributed by atoms with Crippen molar-refractivity contribution >= 4 is 51.7 Å². The lowest BCUT2D eigenvalue weighted by Crippen LogP contribution is -2.29. The van der Waals surface area contributed by atoms with Crippen LogP contribution in [0.1, 0.15) is 69.9 Å². The minimum absolute atomic E-state index is 0.118. The van der Waals surface area contributed by atoms with Crippen molar-refractivity contribution in [3.05, 3.63) is 44.7 Å². The highest BCUT2D eigenvalue weighted by Gasteiger charge is 2.32. The summed E-state index contributed by atoms with van der Waals surface area (Å²) in [7, 11) is 0. The van der Waals surface area contributed by atoms with Crippen LogP contribution in [0.3, 0.4) is 0 Å². The van der Waals surface area contributed by atoms with Gasteiger partial charge in [-0.3, -0.25) is 18.9 Å². The lowest BCUT2D eigenvalue weighted by molar-refractivity contribution is -0.122. The van der Waals surface area contributed by atoms with Crippen molar-refractivity contribution in [1.82, 2.24) is 14.3 Å². The number of carbonyl (C=O) groups excluding carboxylic acids is 1. The molecule has 0 spiro atoms. The number of rotatable bonds is 7. The van der Waals surface area contributed by atoms with E-state index in [1.165, 1.54) is 11.8 Å². The first-order chi connectivity index (χ1) is 15.9. The molecule has 1 saturated carbocycles. The Morgan fingerprint density at radius 1 is 1.21 bits per heavy atom. The predicted octanol–water partition coefficient (Wildman–Crippen LogP) is 5.38. The molecule has 6 nitrogen and oxygen atoms in total. The van der Waals surface area contributed by atoms with Gasteiger partial charge in [-0.15, -0.1) is 0 Å². The molecule has 0 unspecified atom stereocenters. The Balaban J connectivity index is 1.72. The molecule has 1 saturated heterocycles. The Labute approximate surface area is 204 Å². The highest BCUT2D eigenvalue weighted by atomic mass is 32.2. The summed E-state index contributed by atoms with van der Waals surface area (Å²) in [5.41, 5.74) is 1.82. The van der Waals surface area contributed by atoms with Crippen LogP contribution >= 0.6 is 24.0 Å². The van der Waals surface area contributed by atoms with Crippen molar-refractivity contribution in [3.8, 4) is 0 Å². The Bertz CT molecular complexity index is 1150. The molecule has 4 rings (SSSR count). The molecule has 1 N–H and O–H groups in total. The zero-order valence-electron chi connectivity index (χ0n) is 19.6. The summed E-state index contributed by atoms with van der Waals surface area (Å²) in [5, 5.41) is 3.53. The molecule has 0 aromatic carbocycles. The molecule has 2 aliphatic rings. The van der Waals surface area contributed by atoms with Crippen LogP contribution in [0.4, 0.5) is 5.82 Å². The second kappa shape index (κ2) is 10.4. The van der Waals surface area contributed by atoms with Gasteiger partial charge in [0, 0.05) is 18.8 Å². The molecule has 8 heteroatoms. The van der Waals surface area contributed by atoms with E-state index < -0.39 is 0 Å². The largest absolute Gasteiger partial charge is 0.367 e. The van der Waals surface area contributed by atoms with E-state index in [4.69, 9.17) is 17.2 Å². The maximum Gasteiger partial charge on any atom is 0.267 e. The summed E-state index contributed by atoms with van der Waals surface area (Å²) in [6, 6.07) is 4.09. The van der Waals surface area contributed by atoms with Gasteiger partial charge < -0.3 is 5.32 Å². The van der Waals surface area contributed by atoms with E-state index in [9.17, 15) is 9.59 Å². The maximum atomic E-state index is 13.5. The fraction of sp³-hybridized carbons (Fsp3) is 0.520. The number of thioether (sulfide) groups is 1. The molecule has 1 aliphatic heterocycles. The number of unbranched alkanes of at least 4 members (excludes halogenated alkanes) is 2. The van der Waals surface area contributed by atoms with Crippen LogP contribution < -0.4 is 10.9 Å². The number of aryl methyl sites for hydroxylation is 1. The number of thiocarbonyl (C=S) groups is 1. The number of aromatic nitrogens is 2. The van der Waals surface area contributed by atoms with Crippen molar-refractivity contribution in [3.63, 3.8) is 0 Å². The summed E-state index contributed by atoms with van der Waals surface area (Å²) < 4.78 is 2.12. The highest BCUT2D eigenvalue weighted by molar-refractivity contribution is 8.26. The van der Waals surface area contributed by atoms with Gasteiger partial charge in [-0.25, -0.2) is 4.98 Å². The number of fused-ring (bicyclic) bond motifs is 1. The minimum Gasteiger partial charge on any atom is -0.367 e.